The van der Waals surface area contributed by atoms with E-state index in [0.29, 0.717) is 18.6 Å². The van der Waals surface area contributed by atoms with Crippen molar-refractivity contribution in [2.45, 2.75) is 43.2 Å². The number of nitrogens with zero attached hydrogens (tertiary/aromatic N) is 1. The summed E-state index contributed by atoms with van der Waals surface area (Å²) < 4.78 is 46.1. The van der Waals surface area contributed by atoms with Crippen molar-refractivity contribution in [1.29, 1.82) is 0 Å². The van der Waals surface area contributed by atoms with Crippen LogP contribution < -0.4 is 0 Å². The molecule has 0 spiro atoms. The minimum atomic E-state index is -3.79. The highest BCUT2D eigenvalue weighted by Gasteiger charge is 2.36. The number of hydrogen-bond acceptors (Lipinski definition) is 3. The van der Waals surface area contributed by atoms with Crippen molar-refractivity contribution in [2.75, 3.05) is 13.7 Å². The first kappa shape index (κ1) is 16.7. The molecule has 0 aromatic heterocycles. The van der Waals surface area contributed by atoms with Gasteiger partial charge in [-0.3, -0.25) is 0 Å². The molecule has 7 heteroatoms. The van der Waals surface area contributed by atoms with E-state index in [1.807, 2.05) is 6.92 Å². The number of benzene rings is 1. The quantitative estimate of drug-likeness (QED) is 0.795. The predicted molar refractivity (Wildman–Crippen MR) is 79.5 cm³/mol. The first-order valence-electron chi connectivity index (χ1n) is 6.73. The molecule has 2 atom stereocenters. The molecule has 1 fully saturated rings. The van der Waals surface area contributed by atoms with Gasteiger partial charge in [-0.05, 0) is 38.0 Å². The Morgan fingerprint density at radius 1 is 1.48 bits per heavy atom. The van der Waals surface area contributed by atoms with Gasteiger partial charge in [-0.25, -0.2) is 12.8 Å². The maximum atomic E-state index is 13.9. The number of likely N-dealkylation sites (N-methyl/N-ethyl adjacent to an activating group) is 1. The van der Waals surface area contributed by atoms with Crippen LogP contribution in [0.15, 0.2) is 17.0 Å². The Labute approximate surface area is 129 Å². The smallest absolute Gasteiger partial charge is 0.243 e. The summed E-state index contributed by atoms with van der Waals surface area (Å²) in [6.07, 6.45) is 0.458. The number of hydrogen-bond donors (Lipinski definition) is 0. The van der Waals surface area contributed by atoms with Crippen molar-refractivity contribution in [3.8, 4) is 0 Å². The van der Waals surface area contributed by atoms with Gasteiger partial charge >= 0.3 is 0 Å². The zero-order chi connectivity index (χ0) is 15.8. The molecule has 0 aliphatic carbocycles. The lowest BCUT2D eigenvalue weighted by atomic mass is 10.1. The van der Waals surface area contributed by atoms with Crippen molar-refractivity contribution < 1.29 is 17.5 Å². The largest absolute Gasteiger partial charge is 0.377 e. The second-order valence-electron chi connectivity index (χ2n) is 5.29. The van der Waals surface area contributed by atoms with Crippen molar-refractivity contribution in [2.24, 2.45) is 0 Å². The molecule has 4 nitrogen and oxygen atoms in total. The van der Waals surface area contributed by atoms with Gasteiger partial charge in [-0.1, -0.05) is 0 Å². The summed E-state index contributed by atoms with van der Waals surface area (Å²) >= 11 is 5.71. The number of alkyl halides is 1. The first-order chi connectivity index (χ1) is 9.78. The minimum Gasteiger partial charge on any atom is -0.377 e. The van der Waals surface area contributed by atoms with Crippen LogP contribution in [0.3, 0.4) is 0 Å². The van der Waals surface area contributed by atoms with Gasteiger partial charge in [0.1, 0.15) is 5.82 Å². The Bertz CT molecular complexity index is 635. The summed E-state index contributed by atoms with van der Waals surface area (Å²) in [5.74, 6) is -0.498. The van der Waals surface area contributed by atoms with E-state index in [1.165, 1.54) is 30.4 Å². The average Bonchev–Trinajstić information content (AvgIpc) is 2.86. The normalized spacial score (nSPS) is 23.0. The van der Waals surface area contributed by atoms with Gasteiger partial charge in [0.2, 0.25) is 10.0 Å². The van der Waals surface area contributed by atoms with Crippen molar-refractivity contribution in [3.05, 3.63) is 29.1 Å². The Balaban J connectivity index is 2.46. The third kappa shape index (κ3) is 3.08. The molecule has 0 N–H and O–H groups in total. The van der Waals surface area contributed by atoms with Gasteiger partial charge in [0.15, 0.2) is 0 Å². The van der Waals surface area contributed by atoms with E-state index >= 15 is 0 Å². The van der Waals surface area contributed by atoms with Gasteiger partial charge < -0.3 is 4.74 Å². The predicted octanol–water partition coefficient (Wildman–Crippen LogP) is 2.67. The van der Waals surface area contributed by atoms with E-state index in [9.17, 15) is 12.8 Å². The van der Waals surface area contributed by atoms with E-state index < -0.39 is 15.8 Å². The zero-order valence-electron chi connectivity index (χ0n) is 12.3. The van der Waals surface area contributed by atoms with Crippen LogP contribution >= 0.6 is 11.6 Å². The number of sulfonamides is 1. The number of halogens is 2. The van der Waals surface area contributed by atoms with Crippen molar-refractivity contribution >= 4 is 21.6 Å². The molecule has 1 saturated heterocycles. The summed E-state index contributed by atoms with van der Waals surface area (Å²) in [5, 5.41) is 0. The van der Waals surface area contributed by atoms with E-state index in [-0.39, 0.29) is 28.5 Å². The lowest BCUT2D eigenvalue weighted by Gasteiger charge is -2.27. The second kappa shape index (κ2) is 6.20. The molecule has 118 valence electrons. The molecule has 0 bridgehead atoms. The van der Waals surface area contributed by atoms with Crippen molar-refractivity contribution in [1.82, 2.24) is 4.31 Å². The molecule has 1 aromatic carbocycles. The van der Waals surface area contributed by atoms with Crippen LogP contribution in [0.2, 0.25) is 0 Å². The van der Waals surface area contributed by atoms with Crippen LogP contribution in [0.4, 0.5) is 4.39 Å². The summed E-state index contributed by atoms with van der Waals surface area (Å²) in [6.45, 7) is 3.83. The Hall–Kier alpha value is -0.690. The van der Waals surface area contributed by atoms with E-state index in [2.05, 4.69) is 0 Å². The maximum Gasteiger partial charge on any atom is 0.243 e. The van der Waals surface area contributed by atoms with Crippen LogP contribution in [0.5, 0.6) is 0 Å². The van der Waals surface area contributed by atoms with Gasteiger partial charge in [0, 0.05) is 25.1 Å². The van der Waals surface area contributed by atoms with Gasteiger partial charge in [-0.2, -0.15) is 4.31 Å². The summed E-state index contributed by atoms with van der Waals surface area (Å²) in [4.78, 5) is -0.0280. The van der Waals surface area contributed by atoms with E-state index in [1.54, 1.807) is 0 Å². The van der Waals surface area contributed by atoms with E-state index in [4.69, 9.17) is 16.3 Å². The number of ether oxygens (including phenoxy) is 1. The first-order valence-corrected chi connectivity index (χ1v) is 8.71. The zero-order valence-corrected chi connectivity index (χ0v) is 13.8. The highest BCUT2D eigenvalue weighted by Crippen LogP contribution is 2.28. The Morgan fingerprint density at radius 2 is 2.14 bits per heavy atom. The van der Waals surface area contributed by atoms with Crippen LogP contribution in [0.1, 0.15) is 24.5 Å². The lowest BCUT2D eigenvalue weighted by Crippen LogP contribution is -2.41. The van der Waals surface area contributed by atoms with Crippen LogP contribution in [0.25, 0.3) is 0 Å². The molecule has 21 heavy (non-hydrogen) atoms. The third-order valence-electron chi connectivity index (χ3n) is 3.97. The standard InChI is InChI=1S/C14H19ClFNO3S/c1-9-12(16)6-11(8-15)7-14(9)21(18,19)17(3)13-4-5-20-10(13)2/h6-7,10,13H,4-5,8H2,1-3H3. The molecule has 2 unspecified atom stereocenters. The maximum absolute atomic E-state index is 13.9. The average molecular weight is 336 g/mol. The van der Waals surface area contributed by atoms with Crippen LogP contribution in [-0.4, -0.2) is 38.5 Å². The fourth-order valence-corrected chi connectivity index (χ4v) is 4.47. The molecular weight excluding hydrogens is 317 g/mol. The van der Waals surface area contributed by atoms with E-state index in [0.717, 1.165) is 0 Å². The molecule has 0 saturated carbocycles. The molecule has 1 aliphatic rings. The van der Waals surface area contributed by atoms with Gasteiger partial charge in [0.25, 0.3) is 0 Å². The minimum absolute atomic E-state index is 0.0280. The Kier molecular flexibility index (Phi) is 4.92. The molecule has 1 aromatic rings. The second-order valence-corrected chi connectivity index (χ2v) is 7.52. The number of rotatable bonds is 4. The summed E-state index contributed by atoms with van der Waals surface area (Å²) in [7, 11) is -2.28. The molecule has 1 heterocycles. The molecule has 2 rings (SSSR count). The fraction of sp³-hybridized carbons (Fsp3) is 0.571. The molecule has 1 aliphatic heterocycles. The van der Waals surface area contributed by atoms with Crippen LogP contribution in [-0.2, 0) is 20.6 Å². The van der Waals surface area contributed by atoms with Gasteiger partial charge in [-0.15, -0.1) is 11.6 Å². The highest BCUT2D eigenvalue weighted by molar-refractivity contribution is 7.89. The Morgan fingerprint density at radius 3 is 2.67 bits per heavy atom. The SMILES string of the molecule is Cc1c(F)cc(CCl)cc1S(=O)(=O)N(C)C1CCOC1C. The fourth-order valence-electron chi connectivity index (χ4n) is 2.58. The molecule has 0 amide bonds. The lowest BCUT2D eigenvalue weighted by molar-refractivity contribution is 0.102. The summed E-state index contributed by atoms with van der Waals surface area (Å²) in [6, 6.07) is 2.47. The molecular formula is C14H19ClFNO3S. The van der Waals surface area contributed by atoms with Gasteiger partial charge in [0.05, 0.1) is 17.0 Å². The third-order valence-corrected chi connectivity index (χ3v) is 6.29. The highest BCUT2D eigenvalue weighted by atomic mass is 35.5. The monoisotopic (exact) mass is 335 g/mol. The van der Waals surface area contributed by atoms with Crippen LogP contribution in [0, 0.1) is 12.7 Å². The summed E-state index contributed by atoms with van der Waals surface area (Å²) in [5.41, 5.74) is 0.560. The topological polar surface area (TPSA) is 46.6 Å². The van der Waals surface area contributed by atoms with Crippen molar-refractivity contribution in [3.63, 3.8) is 0 Å². The molecule has 0 radical (unpaired) electrons.